The number of nitrogens with zero attached hydrogens (tertiary/aromatic N) is 2. The van der Waals surface area contributed by atoms with Crippen LogP contribution in [0.1, 0.15) is 11.3 Å². The van der Waals surface area contributed by atoms with Gasteiger partial charge in [0.15, 0.2) is 5.60 Å². The molecule has 0 aliphatic heterocycles. The van der Waals surface area contributed by atoms with Crippen LogP contribution in [0.3, 0.4) is 0 Å². The van der Waals surface area contributed by atoms with E-state index < -0.39 is 18.2 Å². The van der Waals surface area contributed by atoms with Crippen molar-refractivity contribution in [1.29, 1.82) is 0 Å². The third-order valence-electron chi connectivity index (χ3n) is 5.55. The lowest BCUT2D eigenvalue weighted by molar-refractivity contribution is -0.266. The molecule has 1 unspecified atom stereocenters. The maximum atomic E-state index is 14.1. The number of aromatic nitrogens is 3. The van der Waals surface area contributed by atoms with Crippen LogP contribution in [0.2, 0.25) is 0 Å². The third-order valence-corrected chi connectivity index (χ3v) is 5.55. The quantitative estimate of drug-likeness (QED) is 0.403. The number of benzene rings is 3. The van der Waals surface area contributed by atoms with E-state index >= 15 is 0 Å². The van der Waals surface area contributed by atoms with E-state index in [-0.39, 0.29) is 5.56 Å². The van der Waals surface area contributed by atoms with Gasteiger partial charge >= 0.3 is 6.18 Å². The lowest BCUT2D eigenvalue weighted by Gasteiger charge is -2.30. The van der Waals surface area contributed by atoms with Gasteiger partial charge in [-0.1, -0.05) is 42.5 Å². The zero-order chi connectivity index (χ0) is 21.6. The molecule has 0 saturated carbocycles. The van der Waals surface area contributed by atoms with Gasteiger partial charge in [0.2, 0.25) is 0 Å². The molecule has 156 valence electrons. The predicted octanol–water partition coefficient (Wildman–Crippen LogP) is 5.50. The Morgan fingerprint density at radius 1 is 0.871 bits per heavy atom. The fourth-order valence-corrected chi connectivity index (χ4v) is 3.94. The minimum atomic E-state index is -4.87. The summed E-state index contributed by atoms with van der Waals surface area (Å²) in [6, 6.07) is 22.4. The second-order valence-corrected chi connectivity index (χ2v) is 7.58. The number of hydrogen-bond donors (Lipinski definition) is 2. The predicted molar refractivity (Wildman–Crippen MR) is 113 cm³/mol. The molecule has 2 aromatic heterocycles. The maximum Gasteiger partial charge on any atom is 0.421 e. The molecule has 0 fully saturated rings. The number of aromatic amines is 1. The highest BCUT2D eigenvalue weighted by Gasteiger charge is 2.55. The van der Waals surface area contributed by atoms with Gasteiger partial charge in [-0.05, 0) is 47.3 Å². The molecule has 0 aliphatic carbocycles. The summed E-state index contributed by atoms with van der Waals surface area (Å²) in [5, 5.41) is 16.5. The van der Waals surface area contributed by atoms with Gasteiger partial charge in [0.1, 0.15) is 0 Å². The monoisotopic (exact) mass is 421 g/mol. The van der Waals surface area contributed by atoms with Crippen LogP contribution in [-0.2, 0) is 12.0 Å². The minimum absolute atomic E-state index is 0.223. The van der Waals surface area contributed by atoms with Crippen molar-refractivity contribution in [3.05, 3.63) is 96.3 Å². The number of para-hydroxylation sites is 2. The molecule has 0 amide bonds. The molecule has 3 aromatic carbocycles. The summed E-state index contributed by atoms with van der Waals surface area (Å²) in [5.41, 5.74) is -0.780. The van der Waals surface area contributed by atoms with Crippen molar-refractivity contribution in [2.45, 2.75) is 18.2 Å². The lowest BCUT2D eigenvalue weighted by atomic mass is 9.87. The molecule has 5 rings (SSSR count). The highest BCUT2D eigenvalue weighted by Crippen LogP contribution is 2.42. The highest BCUT2D eigenvalue weighted by molar-refractivity contribution is 5.82. The summed E-state index contributed by atoms with van der Waals surface area (Å²) in [7, 11) is 0. The lowest BCUT2D eigenvalue weighted by Crippen LogP contribution is -2.44. The van der Waals surface area contributed by atoms with Gasteiger partial charge in [-0.3, -0.25) is 0 Å². The molecule has 5 aromatic rings. The molecule has 7 heteroatoms. The van der Waals surface area contributed by atoms with Crippen molar-refractivity contribution in [2.24, 2.45) is 0 Å². The average molecular weight is 421 g/mol. The first kappa shape index (κ1) is 19.4. The number of nitrogens with one attached hydrogen (secondary N) is 1. The van der Waals surface area contributed by atoms with E-state index in [2.05, 4.69) is 10.1 Å². The van der Waals surface area contributed by atoms with Crippen LogP contribution in [0.15, 0.2) is 85.1 Å². The number of halogens is 3. The van der Waals surface area contributed by atoms with Crippen molar-refractivity contribution in [3.63, 3.8) is 0 Å². The molecule has 4 nitrogen and oxygen atoms in total. The second kappa shape index (κ2) is 6.99. The third kappa shape index (κ3) is 3.27. The molecule has 31 heavy (non-hydrogen) atoms. The van der Waals surface area contributed by atoms with Crippen LogP contribution in [0.25, 0.3) is 27.5 Å². The van der Waals surface area contributed by atoms with E-state index in [4.69, 9.17) is 0 Å². The summed E-state index contributed by atoms with van der Waals surface area (Å²) in [4.78, 5) is 2.98. The summed E-state index contributed by atoms with van der Waals surface area (Å²) in [6.07, 6.45) is -3.98. The van der Waals surface area contributed by atoms with Crippen LogP contribution >= 0.6 is 0 Å². The van der Waals surface area contributed by atoms with Gasteiger partial charge in [0.05, 0.1) is 17.4 Å². The number of alkyl halides is 3. The van der Waals surface area contributed by atoms with Crippen molar-refractivity contribution < 1.29 is 18.3 Å². The van der Waals surface area contributed by atoms with Gasteiger partial charge in [-0.2, -0.15) is 18.3 Å². The summed E-state index contributed by atoms with van der Waals surface area (Å²) in [5.74, 6) is 0. The van der Waals surface area contributed by atoms with E-state index in [0.29, 0.717) is 16.6 Å². The zero-order valence-electron chi connectivity index (χ0n) is 16.3. The SMILES string of the molecule is OC(Cc1cc2ccccc2[nH]1)(c1ccc2c(cnn2-c2ccccc2)c1)C(F)(F)F. The first-order valence-electron chi connectivity index (χ1n) is 9.75. The van der Waals surface area contributed by atoms with Gasteiger partial charge < -0.3 is 10.1 Å². The van der Waals surface area contributed by atoms with Gasteiger partial charge in [0.25, 0.3) is 0 Å². The Morgan fingerprint density at radius 3 is 2.35 bits per heavy atom. The smallest absolute Gasteiger partial charge is 0.376 e. The van der Waals surface area contributed by atoms with Crippen LogP contribution in [-0.4, -0.2) is 26.0 Å². The first-order chi connectivity index (χ1) is 14.8. The largest absolute Gasteiger partial charge is 0.421 e. The van der Waals surface area contributed by atoms with Crippen LogP contribution in [0.5, 0.6) is 0 Å². The van der Waals surface area contributed by atoms with Crippen LogP contribution in [0, 0.1) is 0 Å². The molecule has 0 bridgehead atoms. The molecule has 0 spiro atoms. The van der Waals surface area contributed by atoms with Crippen molar-refractivity contribution in [3.8, 4) is 5.69 Å². The Balaban J connectivity index is 1.58. The number of hydrogen-bond acceptors (Lipinski definition) is 2. The number of H-pyrrole nitrogens is 1. The van der Waals surface area contributed by atoms with E-state index in [1.165, 1.54) is 18.3 Å². The molecular formula is C24H18F3N3O. The standard InChI is InChI=1S/C24H18F3N3O/c25-24(26,27)23(31,14-19-13-16-6-4-5-9-21(16)29-19)18-10-11-22-17(12-18)15-28-30(22)20-7-2-1-3-8-20/h1-13,15,29,31H,14H2. The van der Waals surface area contributed by atoms with Crippen molar-refractivity contribution >= 4 is 21.8 Å². The fourth-order valence-electron chi connectivity index (χ4n) is 3.94. The summed E-state index contributed by atoms with van der Waals surface area (Å²) in [6.45, 7) is 0. The van der Waals surface area contributed by atoms with Gasteiger partial charge in [0, 0.05) is 23.0 Å². The van der Waals surface area contributed by atoms with Crippen LogP contribution < -0.4 is 0 Å². The normalized spacial score (nSPS) is 14.2. The van der Waals surface area contributed by atoms with Gasteiger partial charge in [-0.25, -0.2) is 4.68 Å². The molecule has 1 atom stereocenters. The first-order valence-corrected chi connectivity index (χ1v) is 9.75. The summed E-state index contributed by atoms with van der Waals surface area (Å²) >= 11 is 0. The molecular weight excluding hydrogens is 403 g/mol. The molecule has 2 N–H and O–H groups in total. The van der Waals surface area contributed by atoms with E-state index in [0.717, 1.165) is 16.6 Å². The zero-order valence-corrected chi connectivity index (χ0v) is 16.3. The number of aliphatic hydroxyl groups is 1. The van der Waals surface area contributed by atoms with E-state index in [1.807, 2.05) is 42.5 Å². The Hall–Kier alpha value is -3.58. The fraction of sp³-hybridized carbons (Fsp3) is 0.125. The molecule has 0 aliphatic rings. The number of fused-ring (bicyclic) bond motifs is 2. The Morgan fingerprint density at radius 2 is 1.61 bits per heavy atom. The Labute approximate surface area is 175 Å². The topological polar surface area (TPSA) is 53.8 Å². The molecule has 0 radical (unpaired) electrons. The van der Waals surface area contributed by atoms with Crippen molar-refractivity contribution in [2.75, 3.05) is 0 Å². The highest BCUT2D eigenvalue weighted by atomic mass is 19.4. The minimum Gasteiger partial charge on any atom is -0.376 e. The van der Waals surface area contributed by atoms with Gasteiger partial charge in [-0.15, -0.1) is 0 Å². The van der Waals surface area contributed by atoms with E-state index in [9.17, 15) is 18.3 Å². The molecule has 0 saturated heterocycles. The maximum absolute atomic E-state index is 14.1. The second-order valence-electron chi connectivity index (χ2n) is 7.58. The number of rotatable bonds is 4. The Bertz CT molecular complexity index is 1340. The van der Waals surface area contributed by atoms with Crippen molar-refractivity contribution in [1.82, 2.24) is 14.8 Å². The van der Waals surface area contributed by atoms with E-state index in [1.54, 1.807) is 28.9 Å². The van der Waals surface area contributed by atoms with Crippen LogP contribution in [0.4, 0.5) is 13.2 Å². The average Bonchev–Trinajstić information content (AvgIpc) is 3.36. The Kier molecular flexibility index (Phi) is 4.37. The molecule has 2 heterocycles. The summed E-state index contributed by atoms with van der Waals surface area (Å²) < 4.78 is 44.0.